The first-order valence-electron chi connectivity index (χ1n) is 7.30. The molecule has 0 aromatic heterocycles. The molecule has 0 aliphatic heterocycles. The molecule has 0 saturated heterocycles. The maximum Gasteiger partial charge on any atom is 0.261 e. The van der Waals surface area contributed by atoms with E-state index in [2.05, 4.69) is 31.9 Å². The SMILES string of the molecule is O=C(c1ccccc1)C(OCCBr)(OCCBr)c1ccccc1. The highest BCUT2D eigenvalue weighted by atomic mass is 79.9. The number of hydrogen-bond acceptors (Lipinski definition) is 3. The predicted molar refractivity (Wildman–Crippen MR) is 98.4 cm³/mol. The lowest BCUT2D eigenvalue weighted by Gasteiger charge is -2.32. The van der Waals surface area contributed by atoms with Gasteiger partial charge in [0, 0.05) is 21.8 Å². The molecule has 0 amide bonds. The summed E-state index contributed by atoms with van der Waals surface area (Å²) in [5.41, 5.74) is 1.25. The van der Waals surface area contributed by atoms with Gasteiger partial charge in [-0.2, -0.15) is 0 Å². The van der Waals surface area contributed by atoms with Gasteiger partial charge in [0.25, 0.3) is 5.79 Å². The van der Waals surface area contributed by atoms with Gasteiger partial charge in [0.15, 0.2) is 0 Å². The molecule has 2 aromatic carbocycles. The third-order valence-corrected chi connectivity index (χ3v) is 3.90. The van der Waals surface area contributed by atoms with Crippen LogP contribution in [-0.2, 0) is 15.3 Å². The first kappa shape index (κ1) is 18.3. The van der Waals surface area contributed by atoms with E-state index in [1.54, 1.807) is 12.1 Å². The van der Waals surface area contributed by atoms with Crippen molar-refractivity contribution >= 4 is 37.6 Å². The third-order valence-electron chi connectivity index (χ3n) is 3.25. The Bertz CT molecular complexity index is 594. The Morgan fingerprint density at radius 3 is 1.78 bits per heavy atom. The topological polar surface area (TPSA) is 35.5 Å². The van der Waals surface area contributed by atoms with Gasteiger partial charge in [0.2, 0.25) is 5.78 Å². The van der Waals surface area contributed by atoms with Crippen LogP contribution in [0.3, 0.4) is 0 Å². The number of ketones is 1. The molecule has 2 aromatic rings. The predicted octanol–water partition coefficient (Wildman–Crippen LogP) is 4.55. The zero-order valence-corrected chi connectivity index (χ0v) is 15.8. The van der Waals surface area contributed by atoms with Gasteiger partial charge in [0.1, 0.15) is 0 Å². The molecular formula is C18H18Br2O3. The van der Waals surface area contributed by atoms with Crippen molar-refractivity contribution < 1.29 is 14.3 Å². The number of ether oxygens (including phenoxy) is 2. The van der Waals surface area contributed by atoms with Crippen LogP contribution in [0, 0.1) is 0 Å². The number of halogens is 2. The van der Waals surface area contributed by atoms with Crippen molar-refractivity contribution in [3.8, 4) is 0 Å². The highest BCUT2D eigenvalue weighted by Gasteiger charge is 2.43. The van der Waals surface area contributed by atoms with Gasteiger partial charge in [-0.15, -0.1) is 0 Å². The second kappa shape index (κ2) is 9.33. The molecule has 0 aliphatic carbocycles. The smallest absolute Gasteiger partial charge is 0.261 e. The third kappa shape index (κ3) is 4.51. The van der Waals surface area contributed by atoms with E-state index in [9.17, 15) is 4.79 Å². The summed E-state index contributed by atoms with van der Waals surface area (Å²) in [4.78, 5) is 13.2. The van der Waals surface area contributed by atoms with Gasteiger partial charge >= 0.3 is 0 Å². The van der Waals surface area contributed by atoms with E-state index in [4.69, 9.17) is 9.47 Å². The zero-order chi connectivity index (χ0) is 16.5. The van der Waals surface area contributed by atoms with E-state index in [0.29, 0.717) is 35.0 Å². The van der Waals surface area contributed by atoms with Crippen molar-refractivity contribution in [1.82, 2.24) is 0 Å². The molecule has 0 saturated carbocycles. The van der Waals surface area contributed by atoms with Crippen molar-refractivity contribution in [2.24, 2.45) is 0 Å². The molecule has 0 N–H and O–H groups in total. The fraction of sp³-hybridized carbons (Fsp3) is 0.278. The lowest BCUT2D eigenvalue weighted by Crippen LogP contribution is -2.42. The van der Waals surface area contributed by atoms with E-state index in [-0.39, 0.29) is 5.78 Å². The van der Waals surface area contributed by atoms with Crippen LogP contribution < -0.4 is 0 Å². The Morgan fingerprint density at radius 1 is 0.826 bits per heavy atom. The summed E-state index contributed by atoms with van der Waals surface area (Å²) in [5, 5.41) is 1.22. The summed E-state index contributed by atoms with van der Waals surface area (Å²) < 4.78 is 11.9. The van der Waals surface area contributed by atoms with E-state index >= 15 is 0 Å². The van der Waals surface area contributed by atoms with Crippen LogP contribution in [0.2, 0.25) is 0 Å². The first-order chi connectivity index (χ1) is 11.2. The van der Waals surface area contributed by atoms with Gasteiger partial charge in [0.05, 0.1) is 13.2 Å². The molecule has 3 nitrogen and oxygen atoms in total. The van der Waals surface area contributed by atoms with E-state index in [1.807, 2.05) is 48.5 Å². The van der Waals surface area contributed by atoms with Crippen molar-refractivity contribution in [3.63, 3.8) is 0 Å². The second-order valence-corrected chi connectivity index (χ2v) is 6.34. The van der Waals surface area contributed by atoms with Crippen LogP contribution in [-0.4, -0.2) is 29.7 Å². The van der Waals surface area contributed by atoms with E-state index in [1.165, 1.54) is 0 Å². The van der Waals surface area contributed by atoms with E-state index < -0.39 is 5.79 Å². The fourth-order valence-electron chi connectivity index (χ4n) is 2.27. The van der Waals surface area contributed by atoms with Crippen molar-refractivity contribution in [2.75, 3.05) is 23.9 Å². The zero-order valence-electron chi connectivity index (χ0n) is 12.6. The average Bonchev–Trinajstić information content (AvgIpc) is 2.63. The maximum atomic E-state index is 13.2. The standard InChI is InChI=1S/C18H18Br2O3/c19-11-13-22-18(23-14-12-20,16-9-5-2-6-10-16)17(21)15-7-3-1-4-8-15/h1-10H,11-14H2. The molecule has 0 bridgehead atoms. The van der Waals surface area contributed by atoms with Crippen molar-refractivity contribution in [3.05, 3.63) is 71.8 Å². The van der Waals surface area contributed by atoms with Crippen molar-refractivity contribution in [2.45, 2.75) is 5.79 Å². The largest absolute Gasteiger partial charge is 0.339 e. The first-order valence-corrected chi connectivity index (χ1v) is 9.54. The van der Waals surface area contributed by atoms with Crippen LogP contribution in [0.15, 0.2) is 60.7 Å². The molecular weight excluding hydrogens is 424 g/mol. The molecule has 0 fully saturated rings. The Kier molecular flexibility index (Phi) is 7.43. The van der Waals surface area contributed by atoms with Crippen LogP contribution in [0.1, 0.15) is 15.9 Å². The van der Waals surface area contributed by atoms with Gasteiger partial charge in [-0.3, -0.25) is 4.79 Å². The summed E-state index contributed by atoms with van der Waals surface area (Å²) >= 11 is 6.69. The van der Waals surface area contributed by atoms with Gasteiger partial charge in [-0.05, 0) is 0 Å². The number of rotatable bonds is 9. The van der Waals surface area contributed by atoms with Crippen LogP contribution in [0.5, 0.6) is 0 Å². The molecule has 122 valence electrons. The van der Waals surface area contributed by atoms with Gasteiger partial charge in [-0.25, -0.2) is 0 Å². The molecule has 23 heavy (non-hydrogen) atoms. The Labute approximate surface area is 153 Å². The van der Waals surface area contributed by atoms with Gasteiger partial charge in [-0.1, -0.05) is 92.5 Å². The molecule has 2 rings (SSSR count). The Hall–Kier alpha value is -1.01. The molecule has 0 aliphatic rings. The minimum Gasteiger partial charge on any atom is -0.339 e. The number of carbonyl (C=O) groups is 1. The summed E-state index contributed by atoms with van der Waals surface area (Å²) in [6, 6.07) is 18.4. The van der Waals surface area contributed by atoms with Crippen LogP contribution in [0.4, 0.5) is 0 Å². The number of Topliss-reactive ketones (excluding diaryl/α,β-unsaturated/α-hetero) is 1. The highest BCUT2D eigenvalue weighted by molar-refractivity contribution is 9.09. The monoisotopic (exact) mass is 440 g/mol. The maximum absolute atomic E-state index is 13.2. The molecule has 0 spiro atoms. The quantitative estimate of drug-likeness (QED) is 0.325. The summed E-state index contributed by atoms with van der Waals surface area (Å²) in [6.07, 6.45) is 0. The molecule has 5 heteroatoms. The van der Waals surface area contributed by atoms with Crippen LogP contribution >= 0.6 is 31.9 Å². The minimum atomic E-state index is -1.44. The number of benzene rings is 2. The van der Waals surface area contributed by atoms with Crippen molar-refractivity contribution in [1.29, 1.82) is 0 Å². The number of carbonyl (C=O) groups excluding carboxylic acids is 1. The molecule has 0 heterocycles. The van der Waals surface area contributed by atoms with Gasteiger partial charge < -0.3 is 9.47 Å². The molecule has 0 radical (unpaired) electrons. The second-order valence-electron chi connectivity index (χ2n) is 4.75. The normalized spacial score (nSPS) is 11.4. The Morgan fingerprint density at radius 2 is 1.30 bits per heavy atom. The number of alkyl halides is 2. The average molecular weight is 442 g/mol. The number of hydrogen-bond donors (Lipinski definition) is 0. The Balaban J connectivity index is 2.48. The summed E-state index contributed by atoms with van der Waals surface area (Å²) in [5.74, 6) is -1.64. The fourth-order valence-corrected chi connectivity index (χ4v) is 2.60. The molecule has 0 atom stereocenters. The minimum absolute atomic E-state index is 0.203. The van der Waals surface area contributed by atoms with Crippen LogP contribution in [0.25, 0.3) is 0 Å². The highest BCUT2D eigenvalue weighted by Crippen LogP contribution is 2.32. The lowest BCUT2D eigenvalue weighted by molar-refractivity contribution is -0.203. The van der Waals surface area contributed by atoms with E-state index in [0.717, 1.165) is 0 Å². The summed E-state index contributed by atoms with van der Waals surface area (Å²) in [7, 11) is 0. The molecule has 0 unspecified atom stereocenters. The summed E-state index contributed by atoms with van der Waals surface area (Å²) in [6.45, 7) is 0.714. The lowest BCUT2D eigenvalue weighted by atomic mass is 9.95.